The third-order valence-electron chi connectivity index (χ3n) is 3.50. The van der Waals surface area contributed by atoms with E-state index in [4.69, 9.17) is 17.3 Å². The maximum Gasteiger partial charge on any atom is 0.0464 e. The lowest BCUT2D eigenvalue weighted by Gasteiger charge is -2.22. The summed E-state index contributed by atoms with van der Waals surface area (Å²) in [6.45, 7) is 6.63. The third kappa shape index (κ3) is 5.82. The zero-order valence-corrected chi connectivity index (χ0v) is 14.3. The first-order valence-electron chi connectivity index (χ1n) is 6.83. The van der Waals surface area contributed by atoms with Gasteiger partial charge in [0, 0.05) is 22.1 Å². The van der Waals surface area contributed by atoms with Gasteiger partial charge in [-0.2, -0.15) is 0 Å². The number of benzene rings is 1. The van der Waals surface area contributed by atoms with Crippen LogP contribution < -0.4 is 5.73 Å². The van der Waals surface area contributed by atoms with Gasteiger partial charge in [0.15, 0.2) is 0 Å². The Bertz CT molecular complexity index is 398. The van der Waals surface area contributed by atoms with Crippen LogP contribution in [-0.2, 0) is 0 Å². The van der Waals surface area contributed by atoms with E-state index in [0.29, 0.717) is 0 Å². The van der Waals surface area contributed by atoms with Crippen molar-refractivity contribution in [1.82, 2.24) is 4.90 Å². The largest absolute Gasteiger partial charge is 0.324 e. The van der Waals surface area contributed by atoms with Gasteiger partial charge in [-0.1, -0.05) is 53.9 Å². The molecule has 0 saturated heterocycles. The molecule has 0 aliphatic carbocycles. The summed E-state index contributed by atoms with van der Waals surface area (Å²) in [6, 6.07) is 5.90. The van der Waals surface area contributed by atoms with Crippen molar-refractivity contribution in [3.8, 4) is 0 Å². The summed E-state index contributed by atoms with van der Waals surface area (Å²) >= 11 is 9.63. The first-order chi connectivity index (χ1) is 8.93. The van der Waals surface area contributed by atoms with Gasteiger partial charge in [-0.25, -0.2) is 0 Å². The molecule has 108 valence electrons. The highest BCUT2D eigenvalue weighted by molar-refractivity contribution is 9.10. The molecule has 0 fully saturated rings. The Morgan fingerprint density at radius 1 is 1.42 bits per heavy atom. The zero-order chi connectivity index (χ0) is 14.4. The molecule has 0 bridgehead atoms. The van der Waals surface area contributed by atoms with Crippen LogP contribution in [0.3, 0.4) is 0 Å². The molecule has 0 amide bonds. The average molecular weight is 348 g/mol. The van der Waals surface area contributed by atoms with Crippen LogP contribution in [-0.4, -0.2) is 25.0 Å². The third-order valence-corrected chi connectivity index (χ3v) is 4.32. The molecule has 1 aromatic carbocycles. The summed E-state index contributed by atoms with van der Waals surface area (Å²) in [5.74, 6) is 0.734. The fourth-order valence-electron chi connectivity index (χ4n) is 2.07. The van der Waals surface area contributed by atoms with E-state index < -0.39 is 0 Å². The molecule has 2 nitrogen and oxygen atoms in total. The van der Waals surface area contributed by atoms with Crippen molar-refractivity contribution < 1.29 is 0 Å². The van der Waals surface area contributed by atoms with E-state index in [1.54, 1.807) is 0 Å². The molecule has 1 rings (SSSR count). The molecule has 2 unspecified atom stereocenters. The molecule has 0 aromatic heterocycles. The molecule has 0 saturated carbocycles. The van der Waals surface area contributed by atoms with Gasteiger partial charge in [-0.15, -0.1) is 0 Å². The van der Waals surface area contributed by atoms with E-state index in [9.17, 15) is 0 Å². The Kier molecular flexibility index (Phi) is 7.37. The average Bonchev–Trinajstić information content (AvgIpc) is 2.35. The molecule has 0 aliphatic rings. The fourth-order valence-corrected chi connectivity index (χ4v) is 2.88. The lowest BCUT2D eigenvalue weighted by atomic mass is 10.0. The van der Waals surface area contributed by atoms with Gasteiger partial charge < -0.3 is 10.6 Å². The molecular formula is C15H24BrClN2. The van der Waals surface area contributed by atoms with Gasteiger partial charge in [-0.05, 0) is 43.6 Å². The monoisotopic (exact) mass is 346 g/mol. The molecule has 0 heterocycles. The number of halogens is 2. The molecule has 0 radical (unpaired) electrons. The van der Waals surface area contributed by atoms with Gasteiger partial charge in [-0.3, -0.25) is 0 Å². The highest BCUT2D eigenvalue weighted by atomic mass is 79.9. The van der Waals surface area contributed by atoms with Crippen molar-refractivity contribution in [3.63, 3.8) is 0 Å². The van der Waals surface area contributed by atoms with Crippen LogP contribution in [0.1, 0.15) is 38.3 Å². The van der Waals surface area contributed by atoms with Gasteiger partial charge in [0.2, 0.25) is 0 Å². The van der Waals surface area contributed by atoms with E-state index in [1.807, 2.05) is 18.2 Å². The predicted molar refractivity (Wildman–Crippen MR) is 87.6 cm³/mol. The lowest BCUT2D eigenvalue weighted by Crippen LogP contribution is -2.27. The van der Waals surface area contributed by atoms with E-state index >= 15 is 0 Å². The lowest BCUT2D eigenvalue weighted by molar-refractivity contribution is 0.272. The van der Waals surface area contributed by atoms with Crippen LogP contribution in [0.2, 0.25) is 5.02 Å². The summed E-state index contributed by atoms with van der Waals surface area (Å²) in [4.78, 5) is 2.35. The van der Waals surface area contributed by atoms with Crippen LogP contribution in [0.25, 0.3) is 0 Å². The zero-order valence-electron chi connectivity index (χ0n) is 12.0. The van der Waals surface area contributed by atoms with Gasteiger partial charge in [0.25, 0.3) is 0 Å². The van der Waals surface area contributed by atoms with Crippen molar-refractivity contribution in [2.75, 3.05) is 20.1 Å². The SMILES string of the molecule is CCC(C)CN(C)CCC(N)c1ccc(Br)cc1Cl. The molecule has 0 spiro atoms. The van der Waals surface area contributed by atoms with E-state index in [0.717, 1.165) is 40.5 Å². The molecule has 4 heteroatoms. The van der Waals surface area contributed by atoms with Gasteiger partial charge >= 0.3 is 0 Å². The standard InChI is InChI=1S/C15H24BrClN2/c1-4-11(2)10-19(3)8-7-15(18)13-6-5-12(16)9-14(13)17/h5-6,9,11,15H,4,7-8,10,18H2,1-3H3. The van der Waals surface area contributed by atoms with Crippen molar-refractivity contribution >= 4 is 27.5 Å². The van der Waals surface area contributed by atoms with Crippen molar-refractivity contribution in [3.05, 3.63) is 33.3 Å². The molecule has 2 atom stereocenters. The maximum absolute atomic E-state index is 6.23. The number of hydrogen-bond donors (Lipinski definition) is 1. The van der Waals surface area contributed by atoms with E-state index in [2.05, 4.69) is 41.7 Å². The summed E-state index contributed by atoms with van der Waals surface area (Å²) in [6.07, 6.45) is 2.14. The smallest absolute Gasteiger partial charge is 0.0464 e. The van der Waals surface area contributed by atoms with Crippen LogP contribution in [0, 0.1) is 5.92 Å². The number of nitrogens with zero attached hydrogens (tertiary/aromatic N) is 1. The van der Waals surface area contributed by atoms with Crippen LogP contribution >= 0.6 is 27.5 Å². The summed E-state index contributed by atoms with van der Waals surface area (Å²) in [7, 11) is 2.15. The number of hydrogen-bond acceptors (Lipinski definition) is 2. The van der Waals surface area contributed by atoms with Gasteiger partial charge in [0.05, 0.1) is 0 Å². The topological polar surface area (TPSA) is 29.3 Å². The Hall–Kier alpha value is -0.0900. The van der Waals surface area contributed by atoms with Crippen molar-refractivity contribution in [2.45, 2.75) is 32.7 Å². The van der Waals surface area contributed by atoms with E-state index in [-0.39, 0.29) is 6.04 Å². The molecule has 2 N–H and O–H groups in total. The molecule has 19 heavy (non-hydrogen) atoms. The second kappa shape index (κ2) is 8.25. The summed E-state index contributed by atoms with van der Waals surface area (Å²) in [5.41, 5.74) is 7.26. The molecule has 1 aromatic rings. The van der Waals surface area contributed by atoms with Crippen LogP contribution in [0.15, 0.2) is 22.7 Å². The summed E-state index contributed by atoms with van der Waals surface area (Å²) < 4.78 is 0.988. The Morgan fingerprint density at radius 3 is 2.68 bits per heavy atom. The number of rotatable bonds is 7. The summed E-state index contributed by atoms with van der Waals surface area (Å²) in [5, 5.41) is 0.742. The van der Waals surface area contributed by atoms with Crippen molar-refractivity contribution in [1.29, 1.82) is 0 Å². The second-order valence-electron chi connectivity index (χ2n) is 5.34. The normalized spacial score (nSPS) is 14.7. The first-order valence-corrected chi connectivity index (χ1v) is 8.00. The minimum Gasteiger partial charge on any atom is -0.324 e. The number of nitrogens with two attached hydrogens (primary N) is 1. The Labute approximate surface area is 130 Å². The first kappa shape index (κ1) is 17.0. The Balaban J connectivity index is 2.48. The molecular weight excluding hydrogens is 324 g/mol. The minimum absolute atomic E-state index is 0.0000161. The predicted octanol–water partition coefficient (Wildman–Crippen LogP) is 4.47. The van der Waals surface area contributed by atoms with Crippen LogP contribution in [0.4, 0.5) is 0 Å². The molecule has 0 aliphatic heterocycles. The minimum atomic E-state index is -0.0000161. The highest BCUT2D eigenvalue weighted by Crippen LogP contribution is 2.27. The maximum atomic E-state index is 6.23. The highest BCUT2D eigenvalue weighted by Gasteiger charge is 2.12. The van der Waals surface area contributed by atoms with Crippen molar-refractivity contribution in [2.24, 2.45) is 11.7 Å². The Morgan fingerprint density at radius 2 is 2.11 bits per heavy atom. The van der Waals surface area contributed by atoms with Crippen LogP contribution in [0.5, 0.6) is 0 Å². The van der Waals surface area contributed by atoms with E-state index in [1.165, 1.54) is 6.42 Å². The fraction of sp³-hybridized carbons (Fsp3) is 0.600. The second-order valence-corrected chi connectivity index (χ2v) is 6.66. The quantitative estimate of drug-likeness (QED) is 0.788. The van der Waals surface area contributed by atoms with Gasteiger partial charge in [0.1, 0.15) is 0 Å².